The normalized spacial score (nSPS) is 11.2. The van der Waals surface area contributed by atoms with E-state index in [4.69, 9.17) is 0 Å². The lowest BCUT2D eigenvalue weighted by Gasteiger charge is -2.10. The van der Waals surface area contributed by atoms with Gasteiger partial charge in [-0.1, -0.05) is 12.1 Å². The average molecular weight is 351 g/mol. The van der Waals surface area contributed by atoms with E-state index in [0.717, 1.165) is 11.8 Å². The average Bonchev–Trinajstić information content (AvgIpc) is 2.54. The summed E-state index contributed by atoms with van der Waals surface area (Å²) in [5.74, 6) is 0.569. The first kappa shape index (κ1) is 17.8. The third-order valence-electron chi connectivity index (χ3n) is 3.14. The van der Waals surface area contributed by atoms with Crippen LogP contribution in [-0.2, 0) is 10.0 Å². The van der Waals surface area contributed by atoms with E-state index in [1.54, 1.807) is 20.0 Å². The Balaban J connectivity index is 2.01. The standard InChI is InChI=1S/C14H17N5O4S/c1-10-9-16-11(2)14(18-10)15-7-8-17-24(22,23)13-6-4-3-5-12(13)19(20)21/h3-6,9,17H,7-8H2,1-2H3,(H,15,18). The summed E-state index contributed by atoms with van der Waals surface area (Å²) >= 11 is 0. The number of hydrogen-bond acceptors (Lipinski definition) is 7. The van der Waals surface area contributed by atoms with Gasteiger partial charge in [0.25, 0.3) is 5.69 Å². The van der Waals surface area contributed by atoms with Gasteiger partial charge >= 0.3 is 0 Å². The number of nitrogens with zero attached hydrogens (tertiary/aromatic N) is 3. The molecule has 1 aromatic carbocycles. The fourth-order valence-electron chi connectivity index (χ4n) is 1.98. The Morgan fingerprint density at radius 3 is 2.62 bits per heavy atom. The number of nitrogens with one attached hydrogen (secondary N) is 2. The molecule has 0 aliphatic rings. The number of hydrogen-bond donors (Lipinski definition) is 2. The van der Waals surface area contributed by atoms with Gasteiger partial charge in [0, 0.05) is 25.4 Å². The maximum absolute atomic E-state index is 12.2. The molecule has 0 bridgehead atoms. The minimum absolute atomic E-state index is 0.0451. The van der Waals surface area contributed by atoms with Gasteiger partial charge in [0.2, 0.25) is 10.0 Å². The van der Waals surface area contributed by atoms with Crippen LogP contribution in [0.25, 0.3) is 0 Å². The van der Waals surface area contributed by atoms with E-state index < -0.39 is 20.6 Å². The SMILES string of the molecule is Cc1cnc(C)c(NCCNS(=O)(=O)c2ccccc2[N+](=O)[O-])n1. The summed E-state index contributed by atoms with van der Waals surface area (Å²) in [5.41, 5.74) is 0.976. The van der Waals surface area contributed by atoms with Crippen molar-refractivity contribution < 1.29 is 13.3 Å². The van der Waals surface area contributed by atoms with Crippen LogP contribution >= 0.6 is 0 Å². The van der Waals surface area contributed by atoms with Crippen molar-refractivity contribution in [1.29, 1.82) is 0 Å². The Labute approximate surface area is 139 Å². The number of benzene rings is 1. The van der Waals surface area contributed by atoms with Crippen LogP contribution in [-0.4, -0.2) is 36.4 Å². The Kier molecular flexibility index (Phi) is 5.42. The van der Waals surface area contributed by atoms with Crippen LogP contribution in [0.2, 0.25) is 0 Å². The summed E-state index contributed by atoms with van der Waals surface area (Å²) in [6.45, 7) is 3.89. The molecule has 0 radical (unpaired) electrons. The fraction of sp³-hybridized carbons (Fsp3) is 0.286. The van der Waals surface area contributed by atoms with E-state index in [1.807, 2.05) is 0 Å². The maximum Gasteiger partial charge on any atom is 0.289 e. The number of aryl methyl sites for hydroxylation is 2. The van der Waals surface area contributed by atoms with Crippen molar-refractivity contribution in [3.63, 3.8) is 0 Å². The monoisotopic (exact) mass is 351 g/mol. The quantitative estimate of drug-likeness (QED) is 0.438. The molecule has 1 aromatic heterocycles. The molecule has 2 aromatic rings. The van der Waals surface area contributed by atoms with Gasteiger partial charge in [0.05, 0.1) is 16.3 Å². The highest BCUT2D eigenvalue weighted by molar-refractivity contribution is 7.89. The molecule has 2 N–H and O–H groups in total. The van der Waals surface area contributed by atoms with Crippen LogP contribution in [0.4, 0.5) is 11.5 Å². The highest BCUT2D eigenvalue weighted by atomic mass is 32.2. The largest absolute Gasteiger partial charge is 0.367 e. The lowest BCUT2D eigenvalue weighted by atomic mass is 10.3. The second-order valence-electron chi connectivity index (χ2n) is 4.99. The summed E-state index contributed by atoms with van der Waals surface area (Å²) in [5, 5.41) is 13.9. The van der Waals surface area contributed by atoms with Gasteiger partial charge in [-0.25, -0.2) is 18.1 Å². The molecule has 128 valence electrons. The summed E-state index contributed by atoms with van der Waals surface area (Å²) in [6, 6.07) is 5.20. The van der Waals surface area contributed by atoms with Crippen molar-refractivity contribution >= 4 is 21.5 Å². The molecule has 0 saturated carbocycles. The van der Waals surface area contributed by atoms with Crippen molar-refractivity contribution in [3.8, 4) is 0 Å². The smallest absolute Gasteiger partial charge is 0.289 e. The van der Waals surface area contributed by atoms with Crippen LogP contribution in [0.15, 0.2) is 35.4 Å². The topological polar surface area (TPSA) is 127 Å². The number of nitro groups is 1. The predicted octanol–water partition coefficient (Wildman–Crippen LogP) is 1.39. The molecule has 0 spiro atoms. The van der Waals surface area contributed by atoms with E-state index in [2.05, 4.69) is 20.0 Å². The van der Waals surface area contributed by atoms with E-state index in [0.29, 0.717) is 11.5 Å². The van der Waals surface area contributed by atoms with E-state index >= 15 is 0 Å². The lowest BCUT2D eigenvalue weighted by molar-refractivity contribution is -0.387. The molecule has 2 rings (SSSR count). The molecule has 0 aliphatic heterocycles. The van der Waals surface area contributed by atoms with Crippen molar-refractivity contribution in [3.05, 3.63) is 52.0 Å². The van der Waals surface area contributed by atoms with Gasteiger partial charge < -0.3 is 5.32 Å². The second kappa shape index (κ2) is 7.32. The number of para-hydroxylation sites is 1. The van der Waals surface area contributed by atoms with E-state index in [9.17, 15) is 18.5 Å². The molecule has 0 saturated heterocycles. The zero-order valence-corrected chi connectivity index (χ0v) is 14.0. The highest BCUT2D eigenvalue weighted by Crippen LogP contribution is 2.22. The van der Waals surface area contributed by atoms with Crippen molar-refractivity contribution in [2.45, 2.75) is 18.7 Å². The Bertz CT molecular complexity index is 854. The van der Waals surface area contributed by atoms with Gasteiger partial charge in [0.1, 0.15) is 5.82 Å². The zero-order chi connectivity index (χ0) is 17.7. The first-order chi connectivity index (χ1) is 11.3. The van der Waals surface area contributed by atoms with Gasteiger partial charge in [-0.15, -0.1) is 0 Å². The molecule has 10 heteroatoms. The van der Waals surface area contributed by atoms with Crippen LogP contribution in [0.3, 0.4) is 0 Å². The molecular weight excluding hydrogens is 334 g/mol. The molecular formula is C14H17N5O4S. The Morgan fingerprint density at radius 2 is 1.92 bits per heavy atom. The van der Waals surface area contributed by atoms with Crippen molar-refractivity contribution in [2.24, 2.45) is 0 Å². The number of anilines is 1. The van der Waals surface area contributed by atoms with Gasteiger partial charge in [-0.3, -0.25) is 15.1 Å². The van der Waals surface area contributed by atoms with Crippen LogP contribution < -0.4 is 10.0 Å². The Morgan fingerprint density at radius 1 is 1.21 bits per heavy atom. The third kappa shape index (κ3) is 4.24. The number of nitro benzene ring substituents is 1. The fourth-order valence-corrected chi connectivity index (χ4v) is 3.19. The second-order valence-corrected chi connectivity index (χ2v) is 6.73. The molecule has 0 amide bonds. The first-order valence-corrected chi connectivity index (χ1v) is 8.57. The van der Waals surface area contributed by atoms with Gasteiger partial charge in [-0.05, 0) is 19.9 Å². The molecule has 0 fully saturated rings. The molecule has 1 heterocycles. The number of rotatable bonds is 7. The van der Waals surface area contributed by atoms with Crippen molar-refractivity contribution in [2.75, 3.05) is 18.4 Å². The summed E-state index contributed by atoms with van der Waals surface area (Å²) in [4.78, 5) is 18.3. The third-order valence-corrected chi connectivity index (χ3v) is 4.65. The van der Waals surface area contributed by atoms with Crippen LogP contribution in [0.5, 0.6) is 0 Å². The number of sulfonamides is 1. The summed E-state index contributed by atoms with van der Waals surface area (Å²) in [7, 11) is -3.98. The molecule has 24 heavy (non-hydrogen) atoms. The minimum Gasteiger partial charge on any atom is -0.367 e. The predicted molar refractivity (Wildman–Crippen MR) is 88.3 cm³/mol. The van der Waals surface area contributed by atoms with Gasteiger partial charge in [-0.2, -0.15) is 0 Å². The molecule has 0 atom stereocenters. The van der Waals surface area contributed by atoms with Crippen LogP contribution in [0, 0.1) is 24.0 Å². The van der Waals surface area contributed by atoms with Crippen LogP contribution in [0.1, 0.15) is 11.4 Å². The van der Waals surface area contributed by atoms with E-state index in [1.165, 1.54) is 18.2 Å². The minimum atomic E-state index is -3.98. The highest BCUT2D eigenvalue weighted by Gasteiger charge is 2.24. The first-order valence-electron chi connectivity index (χ1n) is 7.08. The molecule has 0 unspecified atom stereocenters. The van der Waals surface area contributed by atoms with Gasteiger partial charge in [0.15, 0.2) is 4.90 Å². The lowest BCUT2D eigenvalue weighted by Crippen LogP contribution is -2.29. The number of aromatic nitrogens is 2. The van der Waals surface area contributed by atoms with E-state index in [-0.39, 0.29) is 18.0 Å². The maximum atomic E-state index is 12.2. The summed E-state index contributed by atoms with van der Waals surface area (Å²) in [6.07, 6.45) is 1.64. The zero-order valence-electron chi connectivity index (χ0n) is 13.2. The summed E-state index contributed by atoms with van der Waals surface area (Å²) < 4.78 is 26.8. The van der Waals surface area contributed by atoms with Crippen molar-refractivity contribution in [1.82, 2.24) is 14.7 Å². The Hall–Kier alpha value is -2.59. The molecule has 9 nitrogen and oxygen atoms in total. The molecule has 0 aliphatic carbocycles.